The van der Waals surface area contributed by atoms with Gasteiger partial charge in [0.1, 0.15) is 0 Å². The Morgan fingerprint density at radius 2 is 1.84 bits per heavy atom. The molecule has 0 unspecified atom stereocenters. The van der Waals surface area contributed by atoms with Crippen LogP contribution in [0, 0.1) is 17.8 Å². The molecule has 19 heavy (non-hydrogen) atoms. The van der Waals surface area contributed by atoms with Crippen LogP contribution in [-0.4, -0.2) is 16.9 Å². The Bertz CT molecular complexity index is 408. The van der Waals surface area contributed by atoms with Crippen molar-refractivity contribution >= 4 is 5.91 Å². The highest BCUT2D eigenvalue weighted by molar-refractivity contribution is 5.94. The molecule has 1 aromatic rings. The molecule has 0 bridgehead atoms. The monoisotopic (exact) mass is 266 g/mol. The summed E-state index contributed by atoms with van der Waals surface area (Å²) < 4.78 is 13.0. The third-order valence-corrected chi connectivity index (χ3v) is 2.84. The van der Waals surface area contributed by atoms with Crippen molar-refractivity contribution in [2.75, 3.05) is 0 Å². The van der Waals surface area contributed by atoms with Crippen molar-refractivity contribution in [2.45, 2.75) is 46.6 Å². The first-order valence-electron chi connectivity index (χ1n) is 6.81. The largest absolute Gasteiger partial charge is 0.349 e. The fourth-order valence-corrected chi connectivity index (χ4v) is 2.16. The van der Waals surface area contributed by atoms with E-state index in [0.29, 0.717) is 17.4 Å². The van der Waals surface area contributed by atoms with Crippen LogP contribution in [0.2, 0.25) is 0 Å². The van der Waals surface area contributed by atoms with Crippen LogP contribution in [-0.2, 0) is 0 Å². The Hall–Kier alpha value is -1.45. The lowest BCUT2D eigenvalue weighted by molar-refractivity contribution is 0.0926. The molecule has 4 heteroatoms. The third-order valence-electron chi connectivity index (χ3n) is 2.84. The van der Waals surface area contributed by atoms with E-state index in [1.807, 2.05) is 0 Å². The fraction of sp³-hybridized carbons (Fsp3) is 0.600. The summed E-state index contributed by atoms with van der Waals surface area (Å²) in [5.74, 6) is 0.168. The second kappa shape index (κ2) is 7.22. The van der Waals surface area contributed by atoms with Crippen LogP contribution in [0.4, 0.5) is 4.39 Å². The van der Waals surface area contributed by atoms with E-state index >= 15 is 0 Å². The molecule has 0 atom stereocenters. The number of rotatable bonds is 6. The molecule has 0 saturated heterocycles. The molecule has 0 aliphatic heterocycles. The SMILES string of the molecule is CC(C)CC(CC(C)C)NC(=O)c1ccnc(F)c1. The molecular formula is C15H23FN2O. The van der Waals surface area contributed by atoms with Crippen molar-refractivity contribution in [3.05, 3.63) is 29.8 Å². The predicted molar refractivity (Wildman–Crippen MR) is 74.4 cm³/mol. The van der Waals surface area contributed by atoms with Crippen molar-refractivity contribution in [1.29, 1.82) is 0 Å². The van der Waals surface area contributed by atoms with Gasteiger partial charge in [0.05, 0.1) is 0 Å². The molecule has 1 rings (SSSR count). The minimum absolute atomic E-state index is 0.128. The van der Waals surface area contributed by atoms with Crippen LogP contribution in [0.5, 0.6) is 0 Å². The van der Waals surface area contributed by atoms with Crippen LogP contribution in [0.3, 0.4) is 0 Å². The zero-order valence-corrected chi connectivity index (χ0v) is 12.1. The molecule has 0 aliphatic rings. The van der Waals surface area contributed by atoms with Gasteiger partial charge in [-0.25, -0.2) is 4.98 Å². The maximum atomic E-state index is 13.0. The van der Waals surface area contributed by atoms with Gasteiger partial charge in [-0.05, 0) is 30.7 Å². The van der Waals surface area contributed by atoms with E-state index in [2.05, 4.69) is 38.0 Å². The first kappa shape index (κ1) is 15.6. The molecule has 1 amide bonds. The van der Waals surface area contributed by atoms with Gasteiger partial charge in [0.15, 0.2) is 0 Å². The second-order valence-electron chi connectivity index (χ2n) is 5.80. The van der Waals surface area contributed by atoms with Crippen LogP contribution in [0.15, 0.2) is 18.3 Å². The van der Waals surface area contributed by atoms with Crippen LogP contribution in [0.25, 0.3) is 0 Å². The molecule has 0 fully saturated rings. The zero-order valence-electron chi connectivity index (χ0n) is 12.1. The number of amides is 1. The highest BCUT2D eigenvalue weighted by atomic mass is 19.1. The number of hydrogen-bond acceptors (Lipinski definition) is 2. The summed E-state index contributed by atoms with van der Waals surface area (Å²) in [7, 11) is 0. The van der Waals surface area contributed by atoms with Crippen molar-refractivity contribution in [2.24, 2.45) is 11.8 Å². The summed E-state index contributed by atoms with van der Waals surface area (Å²) in [6.07, 6.45) is 3.17. The predicted octanol–water partition coefficient (Wildman–Crippen LogP) is 3.41. The van der Waals surface area contributed by atoms with E-state index < -0.39 is 5.95 Å². The van der Waals surface area contributed by atoms with E-state index in [1.165, 1.54) is 12.3 Å². The van der Waals surface area contributed by atoms with E-state index in [0.717, 1.165) is 18.9 Å². The molecule has 0 aromatic carbocycles. The minimum atomic E-state index is -0.628. The number of hydrogen-bond donors (Lipinski definition) is 1. The number of nitrogens with zero attached hydrogens (tertiary/aromatic N) is 1. The van der Waals surface area contributed by atoms with Gasteiger partial charge in [0.25, 0.3) is 5.91 Å². The Kier molecular flexibility index (Phi) is 5.93. The lowest BCUT2D eigenvalue weighted by atomic mass is 9.95. The summed E-state index contributed by atoms with van der Waals surface area (Å²) in [5.41, 5.74) is 0.324. The number of carbonyl (C=O) groups excluding carboxylic acids is 1. The van der Waals surface area contributed by atoms with Gasteiger partial charge in [-0.2, -0.15) is 4.39 Å². The quantitative estimate of drug-likeness (QED) is 0.802. The molecule has 0 spiro atoms. The smallest absolute Gasteiger partial charge is 0.251 e. The molecule has 0 aliphatic carbocycles. The first-order chi connectivity index (χ1) is 8.88. The van der Waals surface area contributed by atoms with E-state index in [-0.39, 0.29) is 11.9 Å². The molecule has 106 valence electrons. The van der Waals surface area contributed by atoms with Gasteiger partial charge in [0.2, 0.25) is 5.95 Å². The Morgan fingerprint density at radius 3 is 2.32 bits per heavy atom. The maximum Gasteiger partial charge on any atom is 0.251 e. The first-order valence-corrected chi connectivity index (χ1v) is 6.81. The number of nitrogens with one attached hydrogen (secondary N) is 1. The van der Waals surface area contributed by atoms with Crippen molar-refractivity contribution in [3.8, 4) is 0 Å². The lowest BCUT2D eigenvalue weighted by Crippen LogP contribution is -2.36. The Morgan fingerprint density at radius 1 is 1.26 bits per heavy atom. The molecular weight excluding hydrogens is 243 g/mol. The van der Waals surface area contributed by atoms with Crippen LogP contribution in [0.1, 0.15) is 50.9 Å². The van der Waals surface area contributed by atoms with E-state index in [1.54, 1.807) is 0 Å². The summed E-state index contributed by atoms with van der Waals surface area (Å²) in [6.45, 7) is 8.52. The van der Waals surface area contributed by atoms with Gasteiger partial charge < -0.3 is 5.32 Å². The van der Waals surface area contributed by atoms with Crippen molar-refractivity contribution in [3.63, 3.8) is 0 Å². The number of aromatic nitrogens is 1. The minimum Gasteiger partial charge on any atom is -0.349 e. The Balaban J connectivity index is 2.69. The van der Waals surface area contributed by atoms with Crippen molar-refractivity contribution < 1.29 is 9.18 Å². The van der Waals surface area contributed by atoms with Gasteiger partial charge in [-0.15, -0.1) is 0 Å². The number of halogens is 1. The van der Waals surface area contributed by atoms with E-state index in [4.69, 9.17) is 0 Å². The maximum absolute atomic E-state index is 13.0. The molecule has 1 N–H and O–H groups in total. The number of pyridine rings is 1. The summed E-state index contributed by atoms with van der Waals surface area (Å²) in [5, 5.41) is 2.99. The van der Waals surface area contributed by atoms with E-state index in [9.17, 15) is 9.18 Å². The summed E-state index contributed by atoms with van der Waals surface area (Å²) >= 11 is 0. The van der Waals surface area contributed by atoms with Gasteiger partial charge >= 0.3 is 0 Å². The third kappa shape index (κ3) is 5.81. The fourth-order valence-electron chi connectivity index (χ4n) is 2.16. The standard InChI is InChI=1S/C15H23FN2O/c1-10(2)7-13(8-11(3)4)18-15(19)12-5-6-17-14(16)9-12/h5-6,9-11,13H,7-8H2,1-4H3,(H,18,19). The topological polar surface area (TPSA) is 42.0 Å². The average molecular weight is 266 g/mol. The van der Waals surface area contributed by atoms with Crippen LogP contribution >= 0.6 is 0 Å². The number of carbonyl (C=O) groups is 1. The normalized spacial score (nSPS) is 11.4. The highest BCUT2D eigenvalue weighted by Gasteiger charge is 2.16. The van der Waals surface area contributed by atoms with Gasteiger partial charge in [0, 0.05) is 23.9 Å². The summed E-state index contributed by atoms with van der Waals surface area (Å²) in [4.78, 5) is 15.5. The zero-order chi connectivity index (χ0) is 14.4. The molecule has 0 radical (unpaired) electrons. The lowest BCUT2D eigenvalue weighted by Gasteiger charge is -2.22. The molecule has 1 aromatic heterocycles. The molecule has 3 nitrogen and oxygen atoms in total. The Labute approximate surface area is 114 Å². The summed E-state index contributed by atoms with van der Waals surface area (Å²) in [6, 6.07) is 2.82. The van der Waals surface area contributed by atoms with Crippen LogP contribution < -0.4 is 5.32 Å². The molecule has 0 saturated carbocycles. The average Bonchev–Trinajstić information content (AvgIpc) is 2.26. The molecule has 1 heterocycles. The van der Waals surface area contributed by atoms with Gasteiger partial charge in [-0.3, -0.25) is 4.79 Å². The second-order valence-corrected chi connectivity index (χ2v) is 5.80. The van der Waals surface area contributed by atoms with Crippen molar-refractivity contribution in [1.82, 2.24) is 10.3 Å². The highest BCUT2D eigenvalue weighted by Crippen LogP contribution is 2.14. The van der Waals surface area contributed by atoms with Gasteiger partial charge in [-0.1, -0.05) is 27.7 Å².